The smallest absolute Gasteiger partial charge is 0.233 e. The SMILES string of the molecule is CCCCC(=O)N1CCN(c2cc(Cl)nc(SCC(=O)N3CCCC3)n2)CC1C. The van der Waals surface area contributed by atoms with Crippen molar-refractivity contribution in [2.75, 3.05) is 43.4 Å². The molecule has 0 spiro atoms. The lowest BCUT2D eigenvalue weighted by molar-refractivity contribution is -0.133. The standard InChI is InChI=1S/C20H30ClN5O2S/c1-3-4-7-18(27)26-11-10-25(13-15(26)2)17-12-16(21)22-20(23-17)29-14-19(28)24-8-5-6-9-24/h12,15H,3-11,13-14H2,1-2H3. The van der Waals surface area contributed by atoms with Gasteiger partial charge in [-0.05, 0) is 26.2 Å². The molecule has 1 aromatic rings. The van der Waals surface area contributed by atoms with Crippen LogP contribution in [0.3, 0.4) is 0 Å². The monoisotopic (exact) mass is 439 g/mol. The van der Waals surface area contributed by atoms with Crippen LogP contribution < -0.4 is 4.90 Å². The van der Waals surface area contributed by atoms with Gasteiger partial charge in [-0.2, -0.15) is 0 Å². The predicted octanol–water partition coefficient (Wildman–Crippen LogP) is 3.07. The summed E-state index contributed by atoms with van der Waals surface area (Å²) in [4.78, 5) is 39.6. The Kier molecular flexibility index (Phi) is 8.00. The van der Waals surface area contributed by atoms with E-state index in [1.54, 1.807) is 6.07 Å². The minimum Gasteiger partial charge on any atom is -0.353 e. The van der Waals surface area contributed by atoms with Crippen molar-refractivity contribution in [1.82, 2.24) is 19.8 Å². The third-order valence-corrected chi connectivity index (χ3v) is 6.49. The quantitative estimate of drug-likeness (QED) is 0.369. The molecule has 7 nitrogen and oxygen atoms in total. The van der Waals surface area contributed by atoms with E-state index in [0.29, 0.717) is 42.1 Å². The average molecular weight is 440 g/mol. The highest BCUT2D eigenvalue weighted by Gasteiger charge is 2.28. The van der Waals surface area contributed by atoms with Gasteiger partial charge in [-0.15, -0.1) is 0 Å². The highest BCUT2D eigenvalue weighted by Crippen LogP contribution is 2.25. The van der Waals surface area contributed by atoms with Gasteiger partial charge in [0.25, 0.3) is 0 Å². The Morgan fingerprint density at radius 3 is 2.62 bits per heavy atom. The van der Waals surface area contributed by atoms with Crippen LogP contribution >= 0.6 is 23.4 Å². The fraction of sp³-hybridized carbons (Fsp3) is 0.700. The van der Waals surface area contributed by atoms with Crippen LogP contribution in [0.2, 0.25) is 5.15 Å². The van der Waals surface area contributed by atoms with Crippen LogP contribution in [0.1, 0.15) is 46.0 Å². The summed E-state index contributed by atoms with van der Waals surface area (Å²) in [7, 11) is 0. The predicted molar refractivity (Wildman–Crippen MR) is 116 cm³/mol. The molecular formula is C20H30ClN5O2S. The number of hydrogen-bond donors (Lipinski definition) is 0. The second-order valence-corrected chi connectivity index (χ2v) is 9.02. The van der Waals surface area contributed by atoms with E-state index in [-0.39, 0.29) is 17.9 Å². The molecule has 0 N–H and O–H groups in total. The Morgan fingerprint density at radius 1 is 1.17 bits per heavy atom. The third kappa shape index (κ3) is 5.98. The number of anilines is 1. The third-order valence-electron chi connectivity index (χ3n) is 5.46. The first-order valence-corrected chi connectivity index (χ1v) is 11.8. The van der Waals surface area contributed by atoms with Crippen molar-refractivity contribution in [3.8, 4) is 0 Å². The van der Waals surface area contributed by atoms with Gasteiger partial charge in [0.2, 0.25) is 11.8 Å². The Balaban J connectivity index is 1.59. The second-order valence-electron chi connectivity index (χ2n) is 7.69. The van der Waals surface area contributed by atoms with E-state index in [1.165, 1.54) is 11.8 Å². The Hall–Kier alpha value is -1.54. The molecule has 0 radical (unpaired) electrons. The molecule has 160 valence electrons. The topological polar surface area (TPSA) is 69.6 Å². The molecule has 0 saturated carbocycles. The van der Waals surface area contributed by atoms with Crippen molar-refractivity contribution in [3.63, 3.8) is 0 Å². The molecular weight excluding hydrogens is 410 g/mol. The van der Waals surface area contributed by atoms with Gasteiger partial charge >= 0.3 is 0 Å². The number of unbranched alkanes of at least 4 members (excludes halogenated alkanes) is 1. The highest BCUT2D eigenvalue weighted by molar-refractivity contribution is 7.99. The molecule has 0 bridgehead atoms. The number of amides is 2. The second kappa shape index (κ2) is 10.5. The van der Waals surface area contributed by atoms with Crippen molar-refractivity contribution in [2.45, 2.75) is 57.1 Å². The van der Waals surface area contributed by atoms with E-state index in [2.05, 4.69) is 28.7 Å². The first-order valence-electron chi connectivity index (χ1n) is 10.5. The normalized spacial score (nSPS) is 19.7. The summed E-state index contributed by atoms with van der Waals surface area (Å²) in [5, 5.41) is 0.898. The number of aromatic nitrogens is 2. The number of rotatable bonds is 7. The van der Waals surface area contributed by atoms with Gasteiger partial charge < -0.3 is 14.7 Å². The van der Waals surface area contributed by atoms with Crippen LogP contribution in [0.5, 0.6) is 0 Å². The minimum absolute atomic E-state index is 0.120. The first kappa shape index (κ1) is 22.2. The number of halogens is 1. The lowest BCUT2D eigenvalue weighted by Crippen LogP contribution is -2.54. The first-order chi connectivity index (χ1) is 14.0. The summed E-state index contributed by atoms with van der Waals surface area (Å²) < 4.78 is 0. The Bertz CT molecular complexity index is 729. The van der Waals surface area contributed by atoms with E-state index in [0.717, 1.165) is 44.6 Å². The molecule has 0 aromatic carbocycles. The maximum atomic E-state index is 12.4. The maximum Gasteiger partial charge on any atom is 0.233 e. The molecule has 2 aliphatic rings. The molecule has 2 fully saturated rings. The zero-order valence-corrected chi connectivity index (χ0v) is 18.8. The van der Waals surface area contributed by atoms with Crippen molar-refractivity contribution >= 4 is 41.0 Å². The molecule has 1 aromatic heterocycles. The molecule has 1 unspecified atom stereocenters. The van der Waals surface area contributed by atoms with E-state index < -0.39 is 0 Å². The summed E-state index contributed by atoms with van der Waals surface area (Å²) in [6.45, 7) is 7.97. The van der Waals surface area contributed by atoms with Gasteiger partial charge in [-0.3, -0.25) is 9.59 Å². The van der Waals surface area contributed by atoms with E-state index in [9.17, 15) is 9.59 Å². The average Bonchev–Trinajstić information content (AvgIpc) is 3.24. The minimum atomic E-state index is 0.120. The van der Waals surface area contributed by atoms with Gasteiger partial charge in [-0.1, -0.05) is 36.7 Å². The van der Waals surface area contributed by atoms with E-state index >= 15 is 0 Å². The van der Waals surface area contributed by atoms with Crippen molar-refractivity contribution in [1.29, 1.82) is 0 Å². The van der Waals surface area contributed by atoms with Gasteiger partial charge in [0.1, 0.15) is 11.0 Å². The molecule has 29 heavy (non-hydrogen) atoms. The molecule has 2 aliphatic heterocycles. The fourth-order valence-corrected chi connectivity index (χ4v) is 4.79. The van der Waals surface area contributed by atoms with Gasteiger partial charge in [-0.25, -0.2) is 9.97 Å². The van der Waals surface area contributed by atoms with Crippen LogP contribution in [-0.2, 0) is 9.59 Å². The van der Waals surface area contributed by atoms with Crippen molar-refractivity contribution < 1.29 is 9.59 Å². The number of carbonyl (C=O) groups is 2. The molecule has 3 heterocycles. The maximum absolute atomic E-state index is 12.4. The zero-order valence-electron chi connectivity index (χ0n) is 17.3. The fourth-order valence-electron chi connectivity index (χ4n) is 3.80. The van der Waals surface area contributed by atoms with E-state index in [4.69, 9.17) is 11.6 Å². The van der Waals surface area contributed by atoms with Crippen LogP contribution in [0.4, 0.5) is 5.82 Å². The summed E-state index contributed by atoms with van der Waals surface area (Å²) in [6.07, 6.45) is 4.74. The van der Waals surface area contributed by atoms with Gasteiger partial charge in [0.15, 0.2) is 5.16 Å². The van der Waals surface area contributed by atoms with Crippen LogP contribution in [0.25, 0.3) is 0 Å². The Morgan fingerprint density at radius 2 is 1.93 bits per heavy atom. The molecule has 9 heteroatoms. The number of piperazine rings is 1. The van der Waals surface area contributed by atoms with Crippen molar-refractivity contribution in [3.05, 3.63) is 11.2 Å². The summed E-state index contributed by atoms with van der Waals surface area (Å²) in [5.74, 6) is 1.45. The molecule has 2 amide bonds. The van der Waals surface area contributed by atoms with Gasteiger partial charge in [0.05, 0.1) is 5.75 Å². The van der Waals surface area contributed by atoms with Crippen LogP contribution in [0.15, 0.2) is 11.2 Å². The van der Waals surface area contributed by atoms with Crippen molar-refractivity contribution in [2.24, 2.45) is 0 Å². The lowest BCUT2D eigenvalue weighted by atomic mass is 10.1. The number of likely N-dealkylation sites (tertiary alicyclic amines) is 1. The summed E-state index contributed by atoms with van der Waals surface area (Å²) in [5.41, 5.74) is 0. The molecule has 2 saturated heterocycles. The number of hydrogen-bond acceptors (Lipinski definition) is 6. The number of thioether (sulfide) groups is 1. The highest BCUT2D eigenvalue weighted by atomic mass is 35.5. The Labute approximate surface area is 182 Å². The molecule has 0 aliphatic carbocycles. The van der Waals surface area contributed by atoms with Crippen LogP contribution in [0, 0.1) is 0 Å². The number of nitrogens with zero attached hydrogens (tertiary/aromatic N) is 5. The van der Waals surface area contributed by atoms with Gasteiger partial charge in [0, 0.05) is 51.3 Å². The molecule has 1 atom stereocenters. The summed E-state index contributed by atoms with van der Waals surface area (Å²) in [6, 6.07) is 1.88. The largest absolute Gasteiger partial charge is 0.353 e. The summed E-state index contributed by atoms with van der Waals surface area (Å²) >= 11 is 7.57. The lowest BCUT2D eigenvalue weighted by Gasteiger charge is -2.40. The number of carbonyl (C=O) groups excluding carboxylic acids is 2. The molecule has 3 rings (SSSR count). The zero-order chi connectivity index (χ0) is 20.8. The van der Waals surface area contributed by atoms with E-state index in [1.807, 2.05) is 9.80 Å². The van der Waals surface area contributed by atoms with Crippen LogP contribution in [-0.4, -0.2) is 76.1 Å².